The topological polar surface area (TPSA) is 31.8 Å². The molecule has 9 heteroatoms. The van der Waals surface area contributed by atoms with Crippen LogP contribution >= 0.6 is 11.8 Å². The zero-order chi connectivity index (χ0) is 26.4. The summed E-state index contributed by atoms with van der Waals surface area (Å²) in [6, 6.07) is 15.3. The van der Waals surface area contributed by atoms with Gasteiger partial charge in [-0.25, -0.2) is 4.98 Å². The number of piperazine rings is 1. The van der Waals surface area contributed by atoms with Gasteiger partial charge in [0.15, 0.2) is 0 Å². The lowest BCUT2D eigenvalue weighted by Crippen LogP contribution is -2.47. The maximum Gasteiger partial charge on any atom is 0.417 e. The maximum absolute atomic E-state index is 14.1. The van der Waals surface area contributed by atoms with Gasteiger partial charge in [0.25, 0.3) is 0 Å². The molecule has 2 heterocycles. The van der Waals surface area contributed by atoms with Crippen molar-refractivity contribution in [2.75, 3.05) is 65.4 Å². The Kier molecular flexibility index (Phi) is 9.00. The van der Waals surface area contributed by atoms with Gasteiger partial charge in [0, 0.05) is 37.3 Å². The molecule has 0 amide bonds. The quantitative estimate of drug-likeness (QED) is 0.337. The van der Waals surface area contributed by atoms with Gasteiger partial charge in [0.05, 0.1) is 17.6 Å². The molecule has 0 saturated carbocycles. The number of anilines is 1. The Labute approximate surface area is 221 Å². The van der Waals surface area contributed by atoms with Crippen LogP contribution in [-0.2, 0) is 6.18 Å². The summed E-state index contributed by atoms with van der Waals surface area (Å²) in [7, 11) is 5.68. The minimum absolute atomic E-state index is 0.139. The number of rotatable bonds is 9. The minimum Gasteiger partial charge on any atom is -0.496 e. The van der Waals surface area contributed by atoms with E-state index in [9.17, 15) is 13.2 Å². The van der Waals surface area contributed by atoms with Crippen LogP contribution in [0, 0.1) is 0 Å². The van der Waals surface area contributed by atoms with Crippen LogP contribution in [0.25, 0.3) is 11.1 Å². The smallest absolute Gasteiger partial charge is 0.417 e. The first-order chi connectivity index (χ1) is 17.7. The first kappa shape index (κ1) is 27.3. The van der Waals surface area contributed by atoms with Gasteiger partial charge in [-0.3, -0.25) is 4.90 Å². The molecule has 0 spiro atoms. The highest BCUT2D eigenvalue weighted by molar-refractivity contribution is 7.99. The Bertz CT molecular complexity index is 1180. The van der Waals surface area contributed by atoms with Crippen molar-refractivity contribution in [1.82, 2.24) is 14.8 Å². The first-order valence-electron chi connectivity index (χ1n) is 12.3. The SMILES string of the molecule is COc1ccccc1Sc1ccc(-c2ccnc(N3CCN(CCCN(C)C)CC3)c2)cc1C(F)(F)F. The van der Waals surface area contributed by atoms with Crippen LogP contribution in [0.1, 0.15) is 12.0 Å². The van der Waals surface area contributed by atoms with E-state index in [1.54, 1.807) is 48.7 Å². The standard InChI is InChI=1S/C28H33F3N4OS/c1-33(2)13-6-14-34-15-17-35(18-16-34)27-20-22(11-12-32-27)21-9-10-25(23(19-21)28(29,30)31)37-26-8-5-4-7-24(26)36-3/h4-5,7-12,19-20H,6,13-18H2,1-3H3. The summed E-state index contributed by atoms with van der Waals surface area (Å²) < 4.78 is 47.6. The molecular weight excluding hydrogens is 497 g/mol. The second-order valence-electron chi connectivity index (χ2n) is 9.35. The Hall–Kier alpha value is -2.75. The monoisotopic (exact) mass is 530 g/mol. The van der Waals surface area contributed by atoms with Crippen LogP contribution in [0.3, 0.4) is 0 Å². The molecule has 2 aromatic carbocycles. The van der Waals surface area contributed by atoms with Gasteiger partial charge in [-0.05, 0) is 81.1 Å². The fraction of sp³-hybridized carbons (Fsp3) is 0.393. The van der Waals surface area contributed by atoms with Crippen LogP contribution in [0.2, 0.25) is 0 Å². The van der Waals surface area contributed by atoms with Gasteiger partial charge in [-0.2, -0.15) is 13.2 Å². The Morgan fingerprint density at radius 3 is 2.38 bits per heavy atom. The van der Waals surface area contributed by atoms with Gasteiger partial charge in [0.1, 0.15) is 11.6 Å². The fourth-order valence-electron chi connectivity index (χ4n) is 4.42. The van der Waals surface area contributed by atoms with Crippen LogP contribution in [0.15, 0.2) is 70.6 Å². The van der Waals surface area contributed by atoms with Gasteiger partial charge < -0.3 is 14.5 Å². The van der Waals surface area contributed by atoms with Gasteiger partial charge in [0.2, 0.25) is 0 Å². The van der Waals surface area contributed by atoms with E-state index in [-0.39, 0.29) is 4.90 Å². The zero-order valence-electron chi connectivity index (χ0n) is 21.5. The number of hydrogen-bond donors (Lipinski definition) is 0. The van der Waals surface area contributed by atoms with E-state index >= 15 is 0 Å². The summed E-state index contributed by atoms with van der Waals surface area (Å²) in [5, 5.41) is 0. The second-order valence-corrected chi connectivity index (χ2v) is 10.4. The molecule has 3 aromatic rings. The zero-order valence-corrected chi connectivity index (χ0v) is 22.3. The average molecular weight is 531 g/mol. The number of pyridine rings is 1. The van der Waals surface area contributed by atoms with E-state index in [0.717, 1.165) is 68.8 Å². The number of benzene rings is 2. The molecule has 0 bridgehead atoms. The number of ether oxygens (including phenoxy) is 1. The number of para-hydroxylation sites is 1. The molecule has 4 rings (SSSR count). The molecule has 0 aliphatic carbocycles. The van der Waals surface area contributed by atoms with Crippen molar-refractivity contribution < 1.29 is 17.9 Å². The van der Waals surface area contributed by atoms with Crippen molar-refractivity contribution in [2.24, 2.45) is 0 Å². The summed E-state index contributed by atoms with van der Waals surface area (Å²) in [6.45, 7) is 5.74. The third kappa shape index (κ3) is 7.18. The molecule has 0 atom stereocenters. The lowest BCUT2D eigenvalue weighted by atomic mass is 10.0. The number of aromatic nitrogens is 1. The summed E-state index contributed by atoms with van der Waals surface area (Å²) >= 11 is 1.06. The molecule has 0 N–H and O–H groups in total. The van der Waals surface area contributed by atoms with E-state index in [0.29, 0.717) is 16.2 Å². The number of methoxy groups -OCH3 is 1. The van der Waals surface area contributed by atoms with Gasteiger partial charge in [-0.15, -0.1) is 0 Å². The van der Waals surface area contributed by atoms with E-state index in [1.165, 1.54) is 13.2 Å². The predicted octanol–water partition coefficient (Wildman–Crippen LogP) is 6.00. The maximum atomic E-state index is 14.1. The third-order valence-corrected chi connectivity index (χ3v) is 7.56. The van der Waals surface area contributed by atoms with E-state index in [1.807, 2.05) is 6.07 Å². The molecular formula is C28H33F3N4OS. The lowest BCUT2D eigenvalue weighted by Gasteiger charge is -2.35. The molecule has 1 aromatic heterocycles. The highest BCUT2D eigenvalue weighted by atomic mass is 32.2. The van der Waals surface area contributed by atoms with Crippen LogP contribution in [-0.4, -0.2) is 75.3 Å². The number of nitrogens with zero attached hydrogens (tertiary/aromatic N) is 4. The molecule has 0 unspecified atom stereocenters. The lowest BCUT2D eigenvalue weighted by molar-refractivity contribution is -0.139. The second kappa shape index (κ2) is 12.2. The van der Waals surface area contributed by atoms with Crippen molar-refractivity contribution >= 4 is 17.6 Å². The molecule has 1 aliphatic rings. The van der Waals surface area contributed by atoms with E-state index in [2.05, 4.69) is 33.8 Å². The molecule has 37 heavy (non-hydrogen) atoms. The summed E-state index contributed by atoms with van der Waals surface area (Å²) in [5.41, 5.74) is 0.575. The summed E-state index contributed by atoms with van der Waals surface area (Å²) in [5.74, 6) is 1.34. The highest BCUT2D eigenvalue weighted by Crippen LogP contribution is 2.43. The molecule has 0 radical (unpaired) electrons. The van der Waals surface area contributed by atoms with E-state index in [4.69, 9.17) is 4.74 Å². The Morgan fingerprint density at radius 1 is 0.946 bits per heavy atom. The highest BCUT2D eigenvalue weighted by Gasteiger charge is 2.34. The van der Waals surface area contributed by atoms with Crippen molar-refractivity contribution in [2.45, 2.75) is 22.4 Å². The van der Waals surface area contributed by atoms with Crippen molar-refractivity contribution in [3.8, 4) is 16.9 Å². The predicted molar refractivity (Wildman–Crippen MR) is 144 cm³/mol. The largest absolute Gasteiger partial charge is 0.496 e. The number of halogens is 3. The van der Waals surface area contributed by atoms with Crippen molar-refractivity contribution in [3.63, 3.8) is 0 Å². The van der Waals surface area contributed by atoms with E-state index < -0.39 is 11.7 Å². The summed E-state index contributed by atoms with van der Waals surface area (Å²) in [6.07, 6.45) is -1.67. The van der Waals surface area contributed by atoms with Gasteiger partial charge in [-0.1, -0.05) is 30.0 Å². The minimum atomic E-state index is -4.49. The van der Waals surface area contributed by atoms with Gasteiger partial charge >= 0.3 is 6.18 Å². The first-order valence-corrected chi connectivity index (χ1v) is 13.2. The molecule has 5 nitrogen and oxygen atoms in total. The molecule has 1 fully saturated rings. The normalized spacial score (nSPS) is 14.8. The molecule has 1 saturated heterocycles. The Balaban J connectivity index is 1.51. The van der Waals surface area contributed by atoms with Crippen LogP contribution in [0.5, 0.6) is 5.75 Å². The fourth-order valence-corrected chi connectivity index (χ4v) is 5.48. The number of alkyl halides is 3. The molecule has 198 valence electrons. The summed E-state index contributed by atoms with van der Waals surface area (Å²) in [4.78, 5) is 12.2. The van der Waals surface area contributed by atoms with Crippen molar-refractivity contribution in [3.05, 3.63) is 66.4 Å². The third-order valence-electron chi connectivity index (χ3n) is 6.43. The average Bonchev–Trinajstić information content (AvgIpc) is 2.89. The number of hydrogen-bond acceptors (Lipinski definition) is 6. The van der Waals surface area contributed by atoms with Crippen molar-refractivity contribution in [1.29, 1.82) is 0 Å². The van der Waals surface area contributed by atoms with Crippen LogP contribution in [0.4, 0.5) is 19.0 Å². The Morgan fingerprint density at radius 2 is 1.68 bits per heavy atom. The molecule has 1 aliphatic heterocycles. The van der Waals surface area contributed by atoms with Crippen LogP contribution < -0.4 is 9.64 Å².